The van der Waals surface area contributed by atoms with Gasteiger partial charge in [0.05, 0.1) is 12.6 Å². The van der Waals surface area contributed by atoms with Gasteiger partial charge in [0.25, 0.3) is 0 Å². The summed E-state index contributed by atoms with van der Waals surface area (Å²) in [6, 6.07) is 17.0. The van der Waals surface area contributed by atoms with Crippen molar-refractivity contribution in [2.75, 3.05) is 18.1 Å². The minimum Gasteiger partial charge on any atom is -0.493 e. The van der Waals surface area contributed by atoms with E-state index < -0.39 is 0 Å². The first kappa shape index (κ1) is 21.4. The third-order valence-corrected chi connectivity index (χ3v) is 6.40. The van der Waals surface area contributed by atoms with Crippen LogP contribution in [-0.4, -0.2) is 26.1 Å². The van der Waals surface area contributed by atoms with Gasteiger partial charge >= 0.3 is 0 Å². The van der Waals surface area contributed by atoms with Gasteiger partial charge in [-0.15, -0.1) is 0 Å². The third kappa shape index (κ3) is 5.43. The highest BCUT2D eigenvalue weighted by Gasteiger charge is 2.22. The molecule has 0 amide bonds. The molecule has 1 aliphatic carbocycles. The summed E-state index contributed by atoms with van der Waals surface area (Å²) in [6.07, 6.45) is 11.4. The van der Waals surface area contributed by atoms with E-state index in [1.54, 1.807) is 0 Å². The first-order valence-corrected chi connectivity index (χ1v) is 11.5. The van der Waals surface area contributed by atoms with E-state index in [-0.39, 0.29) is 6.04 Å². The van der Waals surface area contributed by atoms with Crippen molar-refractivity contribution in [1.29, 1.82) is 0 Å². The highest BCUT2D eigenvalue weighted by molar-refractivity contribution is 5.74. The van der Waals surface area contributed by atoms with Crippen molar-refractivity contribution in [3.8, 4) is 5.75 Å². The Morgan fingerprint density at radius 1 is 1.16 bits per heavy atom. The molecule has 0 radical (unpaired) electrons. The van der Waals surface area contributed by atoms with Gasteiger partial charge in [-0.2, -0.15) is 0 Å². The molecule has 4 rings (SSSR count). The second kappa shape index (κ2) is 10.4. The fraction of sp³-hybridized carbons (Fsp3) is 0.407. The highest BCUT2D eigenvalue weighted by atomic mass is 16.5. The summed E-state index contributed by atoms with van der Waals surface area (Å²) in [7, 11) is 0. The predicted octanol–water partition coefficient (Wildman–Crippen LogP) is 6.38. The molecular weight excluding hydrogens is 382 g/mol. The quantitative estimate of drug-likeness (QED) is 0.469. The zero-order valence-electron chi connectivity index (χ0n) is 18.5. The normalized spacial score (nSPS) is 17.9. The number of ether oxygens (including phenoxy) is 1. The van der Waals surface area contributed by atoms with Gasteiger partial charge in [-0.3, -0.25) is 4.99 Å². The second-order valence-electron chi connectivity index (χ2n) is 8.57. The van der Waals surface area contributed by atoms with Crippen LogP contribution in [0.3, 0.4) is 0 Å². The SMILES string of the molecule is C=N/C(=C\C=NC(C)c1ccccc1)N(CC1CCCCC1)c1ccc2c(c1)CCO2. The molecule has 4 nitrogen and oxygen atoms in total. The van der Waals surface area contributed by atoms with E-state index in [0.717, 1.165) is 36.8 Å². The van der Waals surface area contributed by atoms with Crippen molar-refractivity contribution in [3.05, 3.63) is 71.6 Å². The molecule has 2 aromatic rings. The van der Waals surface area contributed by atoms with Crippen molar-refractivity contribution in [1.82, 2.24) is 0 Å². The summed E-state index contributed by atoms with van der Waals surface area (Å²) in [5.74, 6) is 2.55. The van der Waals surface area contributed by atoms with Crippen LogP contribution in [-0.2, 0) is 6.42 Å². The van der Waals surface area contributed by atoms with Crippen LogP contribution < -0.4 is 9.64 Å². The summed E-state index contributed by atoms with van der Waals surface area (Å²) in [6.45, 7) is 7.73. The first-order valence-electron chi connectivity index (χ1n) is 11.5. The molecule has 1 saturated carbocycles. The standard InChI is InChI=1S/C27H33N3O/c1-21(23-11-7-4-8-12-23)29-17-15-27(28-2)30(20-22-9-5-3-6-10-22)25-13-14-26-24(19-25)16-18-31-26/h4,7-8,11-15,17,19,21-22H,2-3,5-6,9-10,16,18,20H2,1H3/b27-15+,29-17?. The number of hydrogen-bond acceptors (Lipinski definition) is 4. The number of aliphatic imine (C=N–C) groups is 2. The van der Waals surface area contributed by atoms with Gasteiger partial charge in [0.2, 0.25) is 0 Å². The Hall–Kier alpha value is -2.88. The Morgan fingerprint density at radius 3 is 2.74 bits per heavy atom. The van der Waals surface area contributed by atoms with Crippen LogP contribution in [0.4, 0.5) is 5.69 Å². The summed E-state index contributed by atoms with van der Waals surface area (Å²) in [4.78, 5) is 11.5. The molecule has 162 valence electrons. The number of hydrogen-bond donors (Lipinski definition) is 0. The monoisotopic (exact) mass is 415 g/mol. The van der Waals surface area contributed by atoms with Gasteiger partial charge in [0.15, 0.2) is 0 Å². The average molecular weight is 416 g/mol. The molecule has 1 heterocycles. The van der Waals surface area contributed by atoms with Gasteiger partial charge in [-0.25, -0.2) is 4.99 Å². The molecule has 0 bridgehead atoms. The molecule has 0 N–H and O–H groups in total. The van der Waals surface area contributed by atoms with Crippen LogP contribution in [0.5, 0.6) is 5.75 Å². The number of allylic oxidation sites excluding steroid dienone is 1. The average Bonchev–Trinajstić information content (AvgIpc) is 3.30. The van der Waals surface area contributed by atoms with Crippen molar-refractivity contribution in [2.45, 2.75) is 51.5 Å². The fourth-order valence-corrected chi connectivity index (χ4v) is 4.58. The molecule has 0 saturated heterocycles. The van der Waals surface area contributed by atoms with Gasteiger partial charge in [0.1, 0.15) is 11.6 Å². The molecule has 2 aromatic carbocycles. The number of benzene rings is 2. The maximum absolute atomic E-state index is 5.71. The lowest BCUT2D eigenvalue weighted by atomic mass is 9.89. The molecule has 1 unspecified atom stereocenters. The van der Waals surface area contributed by atoms with Crippen LogP contribution in [0.25, 0.3) is 0 Å². The Bertz CT molecular complexity index is 929. The van der Waals surface area contributed by atoms with Crippen molar-refractivity contribution >= 4 is 18.6 Å². The van der Waals surface area contributed by atoms with E-state index in [1.165, 1.54) is 43.2 Å². The summed E-state index contributed by atoms with van der Waals surface area (Å²) >= 11 is 0. The van der Waals surface area contributed by atoms with Gasteiger partial charge in [-0.05, 0) is 67.8 Å². The van der Waals surface area contributed by atoms with Gasteiger partial charge < -0.3 is 9.64 Å². The van der Waals surface area contributed by atoms with Crippen LogP contribution in [0, 0.1) is 5.92 Å². The number of fused-ring (bicyclic) bond motifs is 1. The number of nitrogens with zero attached hydrogens (tertiary/aromatic N) is 3. The van der Waals surface area contributed by atoms with E-state index in [4.69, 9.17) is 9.73 Å². The molecule has 0 aromatic heterocycles. The first-order chi connectivity index (χ1) is 15.2. The summed E-state index contributed by atoms with van der Waals surface area (Å²) in [5, 5.41) is 0. The predicted molar refractivity (Wildman–Crippen MR) is 131 cm³/mol. The van der Waals surface area contributed by atoms with Gasteiger partial charge in [-0.1, -0.05) is 49.6 Å². The molecule has 2 aliphatic rings. The topological polar surface area (TPSA) is 37.2 Å². The van der Waals surface area contributed by atoms with E-state index in [9.17, 15) is 0 Å². The Morgan fingerprint density at radius 2 is 1.97 bits per heavy atom. The second-order valence-corrected chi connectivity index (χ2v) is 8.57. The van der Waals surface area contributed by atoms with Gasteiger partial charge in [0, 0.05) is 24.9 Å². The summed E-state index contributed by atoms with van der Waals surface area (Å²) in [5.41, 5.74) is 3.65. The highest BCUT2D eigenvalue weighted by Crippen LogP contribution is 2.33. The van der Waals surface area contributed by atoms with E-state index in [1.807, 2.05) is 18.4 Å². The van der Waals surface area contributed by atoms with Crippen molar-refractivity contribution in [3.63, 3.8) is 0 Å². The molecule has 4 heteroatoms. The summed E-state index contributed by atoms with van der Waals surface area (Å²) < 4.78 is 5.71. The zero-order valence-corrected chi connectivity index (χ0v) is 18.5. The maximum Gasteiger partial charge on any atom is 0.133 e. The van der Waals surface area contributed by atoms with Crippen LogP contribution in [0.1, 0.15) is 56.2 Å². The lowest BCUT2D eigenvalue weighted by Crippen LogP contribution is -2.29. The largest absolute Gasteiger partial charge is 0.493 e. The van der Waals surface area contributed by atoms with Crippen molar-refractivity contribution < 1.29 is 4.74 Å². The zero-order chi connectivity index (χ0) is 21.5. The van der Waals surface area contributed by atoms with Crippen LogP contribution in [0.15, 0.2) is 70.4 Å². The molecule has 1 atom stereocenters. The van der Waals surface area contributed by atoms with E-state index in [2.05, 4.69) is 66.0 Å². The molecule has 1 fully saturated rings. The lowest BCUT2D eigenvalue weighted by Gasteiger charge is -2.31. The number of anilines is 1. The van der Waals surface area contributed by atoms with Crippen LogP contribution >= 0.6 is 0 Å². The number of rotatable bonds is 8. The molecule has 1 aliphatic heterocycles. The smallest absolute Gasteiger partial charge is 0.133 e. The van der Waals surface area contributed by atoms with Crippen LogP contribution in [0.2, 0.25) is 0 Å². The fourth-order valence-electron chi connectivity index (χ4n) is 4.58. The Labute approximate surface area is 186 Å². The maximum atomic E-state index is 5.71. The van der Waals surface area contributed by atoms with Crippen molar-refractivity contribution in [2.24, 2.45) is 15.9 Å². The molecule has 0 spiro atoms. The van der Waals surface area contributed by atoms with E-state index in [0.29, 0.717) is 5.92 Å². The Balaban J connectivity index is 1.57. The van der Waals surface area contributed by atoms with E-state index >= 15 is 0 Å². The third-order valence-electron chi connectivity index (χ3n) is 6.40. The molecular formula is C27H33N3O. The minimum absolute atomic E-state index is 0.104. The molecule has 31 heavy (non-hydrogen) atoms. The lowest BCUT2D eigenvalue weighted by molar-refractivity contribution is 0.356. The Kier molecular flexibility index (Phi) is 7.18. The minimum atomic E-state index is 0.104.